The van der Waals surface area contributed by atoms with Crippen LogP contribution < -0.4 is 10.6 Å². The van der Waals surface area contributed by atoms with Crippen LogP contribution in [0.5, 0.6) is 0 Å². The summed E-state index contributed by atoms with van der Waals surface area (Å²) in [6.07, 6.45) is 3.22. The van der Waals surface area contributed by atoms with Crippen LogP contribution in [0.3, 0.4) is 0 Å². The van der Waals surface area contributed by atoms with Gasteiger partial charge in [-0.05, 0) is 55.8 Å². The third-order valence-corrected chi connectivity index (χ3v) is 4.02. The van der Waals surface area contributed by atoms with Gasteiger partial charge in [-0.25, -0.2) is 0 Å². The smallest absolute Gasteiger partial charge is 0.257 e. The van der Waals surface area contributed by atoms with Crippen LogP contribution in [0.25, 0.3) is 0 Å². The van der Waals surface area contributed by atoms with Crippen molar-refractivity contribution in [1.82, 2.24) is 4.98 Å². The molecule has 1 amide bonds. The summed E-state index contributed by atoms with van der Waals surface area (Å²) >= 11 is 5.89. The molecule has 0 aliphatic carbocycles. The summed E-state index contributed by atoms with van der Waals surface area (Å²) in [7, 11) is 0. The van der Waals surface area contributed by atoms with E-state index in [1.54, 1.807) is 30.6 Å². The maximum absolute atomic E-state index is 12.5. The van der Waals surface area contributed by atoms with Gasteiger partial charge in [0, 0.05) is 22.6 Å². The number of carbonyl (C=O) groups excluding carboxylic acids is 1. The highest BCUT2D eigenvalue weighted by atomic mass is 35.5. The van der Waals surface area contributed by atoms with E-state index in [1.165, 1.54) is 0 Å². The first-order valence-corrected chi connectivity index (χ1v) is 8.25. The summed E-state index contributed by atoms with van der Waals surface area (Å²) in [4.78, 5) is 16.7. The molecule has 25 heavy (non-hydrogen) atoms. The van der Waals surface area contributed by atoms with E-state index >= 15 is 0 Å². The lowest BCUT2D eigenvalue weighted by atomic mass is 10.1. The van der Waals surface area contributed by atoms with Gasteiger partial charge in [0.25, 0.3) is 5.91 Å². The molecule has 126 valence electrons. The summed E-state index contributed by atoms with van der Waals surface area (Å²) in [5.74, 6) is -0.195. The Morgan fingerprint density at radius 2 is 1.72 bits per heavy atom. The minimum absolute atomic E-state index is 0.195. The number of nitrogens with one attached hydrogen (secondary N) is 2. The van der Waals surface area contributed by atoms with E-state index in [2.05, 4.69) is 15.6 Å². The zero-order chi connectivity index (χ0) is 17.8. The number of benzene rings is 2. The first kappa shape index (κ1) is 17.0. The Kier molecular flexibility index (Phi) is 5.00. The number of pyridine rings is 1. The Balaban J connectivity index is 1.76. The van der Waals surface area contributed by atoms with Gasteiger partial charge in [0.1, 0.15) is 0 Å². The van der Waals surface area contributed by atoms with E-state index in [4.69, 9.17) is 11.6 Å². The van der Waals surface area contributed by atoms with Gasteiger partial charge in [-0.15, -0.1) is 0 Å². The van der Waals surface area contributed by atoms with E-state index in [-0.39, 0.29) is 5.91 Å². The van der Waals surface area contributed by atoms with Gasteiger partial charge in [0.2, 0.25) is 0 Å². The molecular formula is C20H18ClN3O. The highest BCUT2D eigenvalue weighted by molar-refractivity contribution is 6.30. The first-order valence-electron chi connectivity index (χ1n) is 7.87. The van der Waals surface area contributed by atoms with Crippen LogP contribution in [0.15, 0.2) is 60.9 Å². The normalized spacial score (nSPS) is 10.4. The summed E-state index contributed by atoms with van der Waals surface area (Å²) in [5, 5.41) is 6.81. The molecule has 1 aromatic heterocycles. The monoisotopic (exact) mass is 351 g/mol. The largest absolute Gasteiger partial charge is 0.354 e. The van der Waals surface area contributed by atoms with Gasteiger partial charge in [0.05, 0.1) is 17.4 Å². The van der Waals surface area contributed by atoms with Crippen molar-refractivity contribution in [2.75, 3.05) is 10.6 Å². The zero-order valence-electron chi connectivity index (χ0n) is 14.0. The highest BCUT2D eigenvalue weighted by Crippen LogP contribution is 2.20. The maximum atomic E-state index is 12.5. The molecule has 0 bridgehead atoms. The summed E-state index contributed by atoms with van der Waals surface area (Å²) in [6.45, 7) is 3.99. The second kappa shape index (κ2) is 7.36. The second-order valence-corrected chi connectivity index (χ2v) is 6.30. The fraction of sp³-hybridized carbons (Fsp3) is 0.100. The van der Waals surface area contributed by atoms with Crippen LogP contribution in [-0.2, 0) is 0 Å². The van der Waals surface area contributed by atoms with Crippen molar-refractivity contribution in [2.45, 2.75) is 13.8 Å². The minimum Gasteiger partial charge on any atom is -0.354 e. The zero-order valence-corrected chi connectivity index (χ0v) is 14.8. The summed E-state index contributed by atoms with van der Waals surface area (Å²) in [6, 6.07) is 15.0. The average Bonchev–Trinajstić information content (AvgIpc) is 2.60. The first-order chi connectivity index (χ1) is 12.0. The molecule has 3 rings (SSSR count). The highest BCUT2D eigenvalue weighted by Gasteiger charge is 2.09. The van der Waals surface area contributed by atoms with E-state index in [0.29, 0.717) is 10.6 Å². The molecule has 2 N–H and O–H groups in total. The molecule has 5 heteroatoms. The Morgan fingerprint density at radius 3 is 2.44 bits per heavy atom. The molecule has 0 saturated heterocycles. The molecule has 0 aliphatic heterocycles. The van der Waals surface area contributed by atoms with Crippen molar-refractivity contribution in [3.8, 4) is 0 Å². The maximum Gasteiger partial charge on any atom is 0.257 e. The fourth-order valence-electron chi connectivity index (χ4n) is 2.48. The minimum atomic E-state index is -0.195. The van der Waals surface area contributed by atoms with Gasteiger partial charge in [-0.1, -0.05) is 29.3 Å². The van der Waals surface area contributed by atoms with Crippen LogP contribution in [0.4, 0.5) is 17.1 Å². The predicted octanol–water partition coefficient (Wildman–Crippen LogP) is 5.35. The molecule has 0 unspecified atom stereocenters. The lowest BCUT2D eigenvalue weighted by Gasteiger charge is -2.11. The van der Waals surface area contributed by atoms with Crippen molar-refractivity contribution in [2.24, 2.45) is 0 Å². The van der Waals surface area contributed by atoms with E-state index < -0.39 is 0 Å². The Hall–Kier alpha value is -2.85. The van der Waals surface area contributed by atoms with Crippen LogP contribution in [0.2, 0.25) is 5.02 Å². The summed E-state index contributed by atoms with van der Waals surface area (Å²) < 4.78 is 0. The number of rotatable bonds is 4. The molecule has 0 atom stereocenters. The molecule has 0 spiro atoms. The molecule has 2 aromatic carbocycles. The van der Waals surface area contributed by atoms with Gasteiger partial charge < -0.3 is 10.6 Å². The topological polar surface area (TPSA) is 54.0 Å². The number of nitrogens with zero attached hydrogens (tertiary/aromatic N) is 1. The molecular weight excluding hydrogens is 334 g/mol. The van der Waals surface area contributed by atoms with Gasteiger partial charge >= 0.3 is 0 Å². The summed E-state index contributed by atoms with van der Waals surface area (Å²) in [5.41, 5.74) is 5.07. The van der Waals surface area contributed by atoms with E-state index in [1.807, 2.05) is 44.2 Å². The third-order valence-electron chi connectivity index (χ3n) is 3.76. The quantitative estimate of drug-likeness (QED) is 0.666. The van der Waals surface area contributed by atoms with Gasteiger partial charge in [-0.3, -0.25) is 9.78 Å². The van der Waals surface area contributed by atoms with Crippen molar-refractivity contribution >= 4 is 34.6 Å². The number of hydrogen-bond donors (Lipinski definition) is 2. The molecule has 0 radical (unpaired) electrons. The van der Waals surface area contributed by atoms with Gasteiger partial charge in [0.15, 0.2) is 0 Å². The number of carbonyl (C=O) groups is 1. The van der Waals surface area contributed by atoms with E-state index in [9.17, 15) is 4.79 Å². The Morgan fingerprint density at radius 1 is 0.960 bits per heavy atom. The molecule has 0 saturated carbocycles. The number of halogens is 1. The number of hydrogen-bond acceptors (Lipinski definition) is 3. The predicted molar refractivity (Wildman–Crippen MR) is 103 cm³/mol. The third kappa shape index (κ3) is 4.37. The SMILES string of the molecule is Cc1ccc(NC(=O)c2cncc(Nc3ccc(Cl)cc3)c2)c(C)c1. The van der Waals surface area contributed by atoms with Crippen LogP contribution in [0.1, 0.15) is 21.5 Å². The standard InChI is InChI=1S/C20H18ClN3O/c1-13-3-8-19(14(2)9-13)24-20(25)15-10-18(12-22-11-15)23-17-6-4-16(21)5-7-17/h3-12,23H,1-2H3,(H,24,25). The molecule has 3 aromatic rings. The van der Waals surface area contributed by atoms with Crippen LogP contribution >= 0.6 is 11.6 Å². The second-order valence-electron chi connectivity index (χ2n) is 5.87. The van der Waals surface area contributed by atoms with E-state index in [0.717, 1.165) is 28.2 Å². The fourth-order valence-corrected chi connectivity index (χ4v) is 2.61. The average molecular weight is 352 g/mol. The lowest BCUT2D eigenvalue weighted by molar-refractivity contribution is 0.102. The van der Waals surface area contributed by atoms with Crippen molar-refractivity contribution in [3.63, 3.8) is 0 Å². The van der Waals surface area contributed by atoms with Gasteiger partial charge in [-0.2, -0.15) is 0 Å². The van der Waals surface area contributed by atoms with Crippen LogP contribution in [0, 0.1) is 13.8 Å². The number of amides is 1. The van der Waals surface area contributed by atoms with Crippen molar-refractivity contribution in [1.29, 1.82) is 0 Å². The number of aromatic nitrogens is 1. The molecule has 1 heterocycles. The van der Waals surface area contributed by atoms with Crippen molar-refractivity contribution in [3.05, 3.63) is 82.6 Å². The van der Waals surface area contributed by atoms with Crippen molar-refractivity contribution < 1.29 is 4.79 Å². The number of aryl methyl sites for hydroxylation is 2. The molecule has 0 aliphatic rings. The lowest BCUT2D eigenvalue weighted by Crippen LogP contribution is -2.13. The molecule has 4 nitrogen and oxygen atoms in total. The number of anilines is 3. The Bertz CT molecular complexity index is 907. The Labute approximate surface area is 151 Å². The van der Waals surface area contributed by atoms with Crippen LogP contribution in [-0.4, -0.2) is 10.9 Å². The molecule has 0 fully saturated rings.